The van der Waals surface area contributed by atoms with E-state index in [4.69, 9.17) is 18.7 Å². The topological polar surface area (TPSA) is 113 Å². The van der Waals surface area contributed by atoms with Crippen LogP contribution in [0, 0.1) is 6.92 Å². The lowest BCUT2D eigenvalue weighted by molar-refractivity contribution is -0.146. The van der Waals surface area contributed by atoms with Gasteiger partial charge in [-0.25, -0.2) is 0 Å². The number of esters is 1. The largest absolute Gasteiger partial charge is 0.493 e. The number of nitrogens with zero attached hydrogens (tertiary/aromatic N) is 2. The van der Waals surface area contributed by atoms with Gasteiger partial charge in [0.2, 0.25) is 11.7 Å². The third kappa shape index (κ3) is 6.81. The predicted molar refractivity (Wildman–Crippen MR) is 124 cm³/mol. The lowest BCUT2D eigenvalue weighted by Crippen LogP contribution is -2.46. The van der Waals surface area contributed by atoms with Crippen molar-refractivity contribution in [3.63, 3.8) is 0 Å². The fourth-order valence-electron chi connectivity index (χ4n) is 3.47. The molecule has 0 bridgehead atoms. The van der Waals surface area contributed by atoms with E-state index in [-0.39, 0.29) is 6.61 Å². The lowest BCUT2D eigenvalue weighted by atomic mass is 9.91. The molecule has 0 radical (unpaired) electrons. The second kappa shape index (κ2) is 10.8. The van der Waals surface area contributed by atoms with Gasteiger partial charge in [0.15, 0.2) is 18.1 Å². The van der Waals surface area contributed by atoms with Crippen LogP contribution in [-0.4, -0.2) is 41.3 Å². The molecule has 0 fully saturated rings. The van der Waals surface area contributed by atoms with Gasteiger partial charge in [0.1, 0.15) is 6.61 Å². The van der Waals surface area contributed by atoms with Crippen LogP contribution in [0.3, 0.4) is 0 Å². The van der Waals surface area contributed by atoms with E-state index < -0.39 is 17.4 Å². The van der Waals surface area contributed by atoms with Crippen molar-refractivity contribution in [1.29, 1.82) is 0 Å². The molecule has 0 aliphatic heterocycles. The van der Waals surface area contributed by atoms with Crippen LogP contribution in [0.25, 0.3) is 11.4 Å². The Morgan fingerprint density at radius 2 is 1.85 bits per heavy atom. The normalized spacial score (nSPS) is 11.1. The molecule has 1 amide bonds. The Hall–Kier alpha value is -3.88. The number of carbonyl (C=O) groups excluding carboxylic acids is 2. The van der Waals surface area contributed by atoms with Crippen molar-refractivity contribution >= 4 is 11.9 Å². The number of amides is 1. The first-order valence-corrected chi connectivity index (χ1v) is 10.8. The van der Waals surface area contributed by atoms with Crippen LogP contribution in [-0.2, 0) is 27.4 Å². The maximum atomic E-state index is 12.3. The van der Waals surface area contributed by atoms with Crippen LogP contribution in [0.15, 0.2) is 47.0 Å². The average molecular weight is 468 g/mol. The highest BCUT2D eigenvalue weighted by Gasteiger charge is 2.26. The maximum Gasteiger partial charge on any atom is 0.303 e. The van der Waals surface area contributed by atoms with Crippen LogP contribution in [0.5, 0.6) is 11.5 Å². The molecule has 180 valence electrons. The first-order chi connectivity index (χ1) is 16.2. The first-order valence-electron chi connectivity index (χ1n) is 10.8. The molecule has 0 atom stereocenters. The SMILES string of the molecule is COc1cc(-c2noc(C)n2)c(CC(C)(C)NC(=O)COC(C)=O)cc1OCc1ccccc1. The Morgan fingerprint density at radius 3 is 2.47 bits per heavy atom. The van der Waals surface area contributed by atoms with Gasteiger partial charge in [-0.15, -0.1) is 0 Å². The Labute approximate surface area is 198 Å². The summed E-state index contributed by atoms with van der Waals surface area (Å²) in [6.45, 7) is 6.73. The van der Waals surface area contributed by atoms with Crippen molar-refractivity contribution in [2.45, 2.75) is 46.3 Å². The quantitative estimate of drug-likeness (QED) is 0.450. The zero-order chi connectivity index (χ0) is 24.7. The van der Waals surface area contributed by atoms with E-state index >= 15 is 0 Å². The van der Waals surface area contributed by atoms with E-state index in [1.165, 1.54) is 6.92 Å². The molecule has 3 rings (SSSR count). The minimum absolute atomic E-state index is 0.344. The third-order valence-electron chi connectivity index (χ3n) is 4.91. The molecule has 2 aromatic carbocycles. The number of nitrogens with one attached hydrogen (secondary N) is 1. The van der Waals surface area contributed by atoms with Gasteiger partial charge in [-0.2, -0.15) is 4.98 Å². The van der Waals surface area contributed by atoms with E-state index in [0.717, 1.165) is 11.1 Å². The van der Waals surface area contributed by atoms with Crippen LogP contribution in [0.1, 0.15) is 37.8 Å². The second-order valence-electron chi connectivity index (χ2n) is 8.46. The van der Waals surface area contributed by atoms with Gasteiger partial charge < -0.3 is 24.1 Å². The molecule has 9 heteroatoms. The number of aryl methyl sites for hydroxylation is 1. The number of aromatic nitrogens is 2. The average Bonchev–Trinajstić information content (AvgIpc) is 3.22. The van der Waals surface area contributed by atoms with E-state index in [1.54, 1.807) is 20.1 Å². The molecule has 0 saturated carbocycles. The molecule has 0 unspecified atom stereocenters. The summed E-state index contributed by atoms with van der Waals surface area (Å²) in [6.07, 6.45) is 0.410. The summed E-state index contributed by atoms with van der Waals surface area (Å²) in [5.41, 5.74) is 1.85. The molecule has 0 aliphatic rings. The molecular weight excluding hydrogens is 438 g/mol. The molecule has 34 heavy (non-hydrogen) atoms. The molecule has 3 aromatic rings. The number of hydrogen-bond donors (Lipinski definition) is 1. The Morgan fingerprint density at radius 1 is 1.12 bits per heavy atom. The minimum atomic E-state index is -0.684. The first kappa shape index (κ1) is 24.8. The molecule has 1 heterocycles. The number of ether oxygens (including phenoxy) is 3. The number of benzene rings is 2. The zero-order valence-electron chi connectivity index (χ0n) is 20.0. The fourth-order valence-corrected chi connectivity index (χ4v) is 3.47. The Kier molecular flexibility index (Phi) is 7.88. The number of methoxy groups -OCH3 is 1. The standard InChI is InChI=1S/C25H29N3O6/c1-16-26-24(28-34-16)20-12-21(31-5)22(33-14-18-9-7-6-8-10-18)11-19(20)13-25(3,4)27-23(30)15-32-17(2)29/h6-12H,13-15H2,1-5H3,(H,27,30). The Bertz CT molecular complexity index is 1140. The molecule has 1 aromatic heterocycles. The molecular formula is C25H29N3O6. The molecule has 0 saturated heterocycles. The summed E-state index contributed by atoms with van der Waals surface area (Å²) < 4.78 is 21.6. The van der Waals surface area contributed by atoms with Gasteiger partial charge in [0.25, 0.3) is 5.91 Å². The molecule has 0 aliphatic carbocycles. The number of rotatable bonds is 10. The molecule has 9 nitrogen and oxygen atoms in total. The van der Waals surface area contributed by atoms with Crippen LogP contribution in [0.2, 0.25) is 0 Å². The minimum Gasteiger partial charge on any atom is -0.493 e. The highest BCUT2D eigenvalue weighted by molar-refractivity contribution is 5.80. The highest BCUT2D eigenvalue weighted by Crippen LogP contribution is 2.37. The fraction of sp³-hybridized carbons (Fsp3) is 0.360. The van der Waals surface area contributed by atoms with Crippen LogP contribution < -0.4 is 14.8 Å². The van der Waals surface area contributed by atoms with Gasteiger partial charge in [0.05, 0.1) is 7.11 Å². The number of carbonyl (C=O) groups is 2. The van der Waals surface area contributed by atoms with Gasteiger partial charge in [-0.3, -0.25) is 9.59 Å². The summed E-state index contributed by atoms with van der Waals surface area (Å²) in [7, 11) is 1.56. The molecule has 0 spiro atoms. The molecule has 1 N–H and O–H groups in total. The van der Waals surface area contributed by atoms with Gasteiger partial charge in [-0.1, -0.05) is 35.5 Å². The van der Waals surface area contributed by atoms with Crippen molar-refractivity contribution in [2.75, 3.05) is 13.7 Å². The summed E-state index contributed by atoms with van der Waals surface area (Å²) in [5, 5.41) is 6.96. The smallest absolute Gasteiger partial charge is 0.303 e. The van der Waals surface area contributed by atoms with Crippen molar-refractivity contribution in [3.05, 3.63) is 59.5 Å². The third-order valence-corrected chi connectivity index (χ3v) is 4.91. The monoisotopic (exact) mass is 467 g/mol. The zero-order valence-corrected chi connectivity index (χ0v) is 20.0. The maximum absolute atomic E-state index is 12.3. The van der Waals surface area contributed by atoms with Crippen molar-refractivity contribution in [3.8, 4) is 22.9 Å². The van der Waals surface area contributed by atoms with E-state index in [1.807, 2.05) is 50.2 Å². The van der Waals surface area contributed by atoms with Crippen molar-refractivity contribution < 1.29 is 28.3 Å². The van der Waals surface area contributed by atoms with Crippen molar-refractivity contribution in [1.82, 2.24) is 15.5 Å². The Balaban J connectivity index is 1.91. The second-order valence-corrected chi connectivity index (χ2v) is 8.46. The van der Waals surface area contributed by atoms with E-state index in [0.29, 0.717) is 41.8 Å². The van der Waals surface area contributed by atoms with Gasteiger partial charge >= 0.3 is 5.97 Å². The lowest BCUT2D eigenvalue weighted by Gasteiger charge is -2.27. The van der Waals surface area contributed by atoms with Crippen LogP contribution >= 0.6 is 0 Å². The highest BCUT2D eigenvalue weighted by atomic mass is 16.5. The summed E-state index contributed by atoms with van der Waals surface area (Å²) >= 11 is 0. The van der Waals surface area contributed by atoms with Crippen molar-refractivity contribution in [2.24, 2.45) is 0 Å². The van der Waals surface area contributed by atoms with Gasteiger partial charge in [-0.05, 0) is 43.5 Å². The van der Waals surface area contributed by atoms with Gasteiger partial charge in [0, 0.05) is 24.9 Å². The van der Waals surface area contributed by atoms with E-state index in [2.05, 4.69) is 15.5 Å². The van der Waals surface area contributed by atoms with E-state index in [9.17, 15) is 9.59 Å². The summed E-state index contributed by atoms with van der Waals surface area (Å²) in [4.78, 5) is 27.6. The predicted octanol–water partition coefficient (Wildman–Crippen LogP) is 3.63. The number of hydrogen-bond acceptors (Lipinski definition) is 8. The summed E-state index contributed by atoms with van der Waals surface area (Å²) in [5.74, 6) is 0.992. The summed E-state index contributed by atoms with van der Waals surface area (Å²) in [6, 6.07) is 13.5. The van der Waals surface area contributed by atoms with Crippen LogP contribution in [0.4, 0.5) is 0 Å².